The number of rotatable bonds is 7. The number of nitrogens with zero attached hydrogens (tertiary/aromatic N) is 1. The minimum Gasteiger partial charge on any atom is -0.396 e. The van der Waals surface area contributed by atoms with Crippen molar-refractivity contribution in [2.45, 2.75) is 33.1 Å². The van der Waals surface area contributed by atoms with Crippen molar-refractivity contribution in [3.63, 3.8) is 0 Å². The highest BCUT2D eigenvalue weighted by Crippen LogP contribution is 2.29. The van der Waals surface area contributed by atoms with Gasteiger partial charge < -0.3 is 10.4 Å². The molecule has 0 radical (unpaired) electrons. The summed E-state index contributed by atoms with van der Waals surface area (Å²) in [5.74, 6) is -0.129. The molecule has 0 aliphatic rings. The topological polar surface area (TPSA) is 62.2 Å². The van der Waals surface area contributed by atoms with Crippen molar-refractivity contribution in [1.82, 2.24) is 10.3 Å². The standard InChI is InChI=1S/C12H20N2O2S/c1-3-12(4-2,5-6-15)8-13-11(16)10-7-17-9-14-10/h7,9,15H,3-6,8H2,1-2H3,(H,13,16). The van der Waals surface area contributed by atoms with Gasteiger partial charge in [0.2, 0.25) is 0 Å². The molecular weight excluding hydrogens is 236 g/mol. The number of hydrogen-bond donors (Lipinski definition) is 2. The molecule has 0 fully saturated rings. The molecule has 0 aromatic carbocycles. The third-order valence-electron chi connectivity index (χ3n) is 3.43. The highest BCUT2D eigenvalue weighted by Gasteiger charge is 2.26. The SMILES string of the molecule is CCC(CC)(CCO)CNC(=O)c1cscn1. The van der Waals surface area contributed by atoms with Gasteiger partial charge in [-0.25, -0.2) is 4.98 Å². The van der Waals surface area contributed by atoms with Gasteiger partial charge in [0.25, 0.3) is 5.91 Å². The van der Waals surface area contributed by atoms with Crippen molar-refractivity contribution in [3.8, 4) is 0 Å². The number of aromatic nitrogens is 1. The normalized spacial score (nSPS) is 11.5. The van der Waals surface area contributed by atoms with Gasteiger partial charge in [0.15, 0.2) is 0 Å². The van der Waals surface area contributed by atoms with E-state index in [4.69, 9.17) is 5.11 Å². The molecule has 1 rings (SSSR count). The van der Waals surface area contributed by atoms with Gasteiger partial charge in [0.1, 0.15) is 5.69 Å². The van der Waals surface area contributed by atoms with Crippen LogP contribution in [0.4, 0.5) is 0 Å². The zero-order valence-corrected chi connectivity index (χ0v) is 11.2. The molecule has 5 heteroatoms. The van der Waals surface area contributed by atoms with Crippen molar-refractivity contribution in [2.75, 3.05) is 13.2 Å². The van der Waals surface area contributed by atoms with Crippen LogP contribution in [0.1, 0.15) is 43.6 Å². The van der Waals surface area contributed by atoms with Crippen LogP contribution in [-0.2, 0) is 0 Å². The molecule has 96 valence electrons. The Bertz CT molecular complexity index is 334. The van der Waals surface area contributed by atoms with Crippen LogP contribution in [0.25, 0.3) is 0 Å². The average Bonchev–Trinajstić information content (AvgIpc) is 2.88. The first-order valence-electron chi connectivity index (χ1n) is 5.94. The van der Waals surface area contributed by atoms with Crippen LogP contribution in [0, 0.1) is 5.41 Å². The fourth-order valence-electron chi connectivity index (χ4n) is 1.86. The summed E-state index contributed by atoms with van der Waals surface area (Å²) < 4.78 is 0. The van der Waals surface area contributed by atoms with E-state index in [-0.39, 0.29) is 17.9 Å². The molecule has 2 N–H and O–H groups in total. The third kappa shape index (κ3) is 3.78. The molecule has 0 aliphatic heterocycles. The number of amides is 1. The van der Waals surface area contributed by atoms with Gasteiger partial charge in [0.05, 0.1) is 5.51 Å². The molecule has 1 aromatic heterocycles. The van der Waals surface area contributed by atoms with Gasteiger partial charge in [-0.2, -0.15) is 0 Å². The fourth-order valence-corrected chi connectivity index (χ4v) is 2.39. The maximum atomic E-state index is 11.8. The molecule has 17 heavy (non-hydrogen) atoms. The van der Waals surface area contributed by atoms with Crippen LogP contribution in [0.5, 0.6) is 0 Å². The number of carbonyl (C=O) groups excluding carboxylic acids is 1. The van der Waals surface area contributed by atoms with Crippen molar-refractivity contribution in [3.05, 3.63) is 16.6 Å². The number of thiazole rings is 1. The van der Waals surface area contributed by atoms with Gasteiger partial charge in [-0.15, -0.1) is 11.3 Å². The monoisotopic (exact) mass is 256 g/mol. The van der Waals surface area contributed by atoms with Crippen LogP contribution < -0.4 is 5.32 Å². The van der Waals surface area contributed by atoms with E-state index in [1.165, 1.54) is 11.3 Å². The number of hydrogen-bond acceptors (Lipinski definition) is 4. The minimum absolute atomic E-state index is 0.000428. The molecule has 0 atom stereocenters. The highest BCUT2D eigenvalue weighted by atomic mass is 32.1. The second-order valence-electron chi connectivity index (χ2n) is 4.24. The third-order valence-corrected chi connectivity index (χ3v) is 4.02. The second kappa shape index (κ2) is 6.71. The predicted molar refractivity (Wildman–Crippen MR) is 69.2 cm³/mol. The van der Waals surface area contributed by atoms with E-state index in [9.17, 15) is 4.79 Å². The Kier molecular flexibility index (Phi) is 5.58. The van der Waals surface area contributed by atoms with E-state index in [1.54, 1.807) is 10.9 Å². The Morgan fingerprint density at radius 1 is 1.53 bits per heavy atom. The van der Waals surface area contributed by atoms with Crippen LogP contribution >= 0.6 is 11.3 Å². The average molecular weight is 256 g/mol. The largest absolute Gasteiger partial charge is 0.396 e. The summed E-state index contributed by atoms with van der Waals surface area (Å²) in [6, 6.07) is 0. The van der Waals surface area contributed by atoms with E-state index in [0.29, 0.717) is 12.2 Å². The maximum absolute atomic E-state index is 11.8. The molecule has 1 aromatic rings. The number of carbonyl (C=O) groups is 1. The quantitative estimate of drug-likeness (QED) is 0.785. The highest BCUT2D eigenvalue weighted by molar-refractivity contribution is 7.07. The number of aliphatic hydroxyl groups excluding tert-OH is 1. The lowest BCUT2D eigenvalue weighted by molar-refractivity contribution is 0.0903. The maximum Gasteiger partial charge on any atom is 0.270 e. The van der Waals surface area contributed by atoms with Crippen molar-refractivity contribution in [2.24, 2.45) is 5.41 Å². The van der Waals surface area contributed by atoms with Crippen LogP contribution in [0.2, 0.25) is 0 Å². The summed E-state index contributed by atoms with van der Waals surface area (Å²) in [6.45, 7) is 4.94. The Morgan fingerprint density at radius 3 is 2.71 bits per heavy atom. The molecule has 0 saturated carbocycles. The smallest absolute Gasteiger partial charge is 0.270 e. The first-order valence-corrected chi connectivity index (χ1v) is 6.89. The van der Waals surface area contributed by atoms with E-state index in [1.807, 2.05) is 0 Å². The minimum atomic E-state index is -0.129. The van der Waals surface area contributed by atoms with E-state index >= 15 is 0 Å². The summed E-state index contributed by atoms with van der Waals surface area (Å²) in [7, 11) is 0. The summed E-state index contributed by atoms with van der Waals surface area (Å²) in [4.78, 5) is 15.7. The lowest BCUT2D eigenvalue weighted by atomic mass is 9.79. The summed E-state index contributed by atoms with van der Waals surface area (Å²) >= 11 is 1.41. The molecule has 1 heterocycles. The van der Waals surface area contributed by atoms with Gasteiger partial charge in [-0.1, -0.05) is 13.8 Å². The van der Waals surface area contributed by atoms with Crippen molar-refractivity contribution >= 4 is 17.2 Å². The van der Waals surface area contributed by atoms with Gasteiger partial charge >= 0.3 is 0 Å². The Labute approximate surface area is 106 Å². The molecule has 0 aliphatic carbocycles. The summed E-state index contributed by atoms with van der Waals surface area (Å²) in [5, 5.41) is 13.7. The molecular formula is C12H20N2O2S. The van der Waals surface area contributed by atoms with Crippen molar-refractivity contribution in [1.29, 1.82) is 0 Å². The molecule has 1 amide bonds. The Morgan fingerprint density at radius 2 is 2.24 bits per heavy atom. The molecule has 0 spiro atoms. The van der Waals surface area contributed by atoms with E-state index in [0.717, 1.165) is 19.3 Å². The van der Waals surface area contributed by atoms with Gasteiger partial charge in [-0.3, -0.25) is 4.79 Å². The summed E-state index contributed by atoms with van der Waals surface area (Å²) in [6.07, 6.45) is 2.61. The van der Waals surface area contributed by atoms with Crippen molar-refractivity contribution < 1.29 is 9.90 Å². The molecule has 4 nitrogen and oxygen atoms in total. The molecule has 0 saturated heterocycles. The zero-order chi connectivity index (χ0) is 12.7. The Balaban J connectivity index is 2.55. The Hall–Kier alpha value is -0.940. The van der Waals surface area contributed by atoms with Crippen LogP contribution in [-0.4, -0.2) is 29.1 Å². The zero-order valence-electron chi connectivity index (χ0n) is 10.4. The van der Waals surface area contributed by atoms with E-state index in [2.05, 4.69) is 24.1 Å². The second-order valence-corrected chi connectivity index (χ2v) is 4.96. The molecule has 0 unspecified atom stereocenters. The van der Waals surface area contributed by atoms with Gasteiger partial charge in [0, 0.05) is 18.5 Å². The first-order chi connectivity index (χ1) is 8.17. The number of aliphatic hydroxyl groups is 1. The van der Waals surface area contributed by atoms with Gasteiger partial charge in [-0.05, 0) is 24.7 Å². The lowest BCUT2D eigenvalue weighted by Crippen LogP contribution is -2.37. The van der Waals surface area contributed by atoms with E-state index < -0.39 is 0 Å². The fraction of sp³-hybridized carbons (Fsp3) is 0.667. The van der Waals surface area contributed by atoms with Crippen LogP contribution in [0.15, 0.2) is 10.9 Å². The molecule has 0 bridgehead atoms. The first kappa shape index (κ1) is 14.1. The predicted octanol–water partition coefficient (Wildman–Crippen LogP) is 2.06. The van der Waals surface area contributed by atoms with Crippen LogP contribution in [0.3, 0.4) is 0 Å². The summed E-state index contributed by atoms with van der Waals surface area (Å²) in [5.41, 5.74) is 2.12. The number of nitrogens with one attached hydrogen (secondary N) is 1. The lowest BCUT2D eigenvalue weighted by Gasteiger charge is -2.31.